The topological polar surface area (TPSA) is 90.8 Å². The molecule has 2 bridgehead atoms. The first-order chi connectivity index (χ1) is 19.3. The highest BCUT2D eigenvalue weighted by Gasteiger charge is 2.65. The SMILES string of the molecule is CCOC(=O)CCc1ncc(-c2cccc([C@@]34CCC(c5cc(-c6c(F)cccc6F)nnc53)C4(C)C)n2)cn1. The van der Waals surface area contributed by atoms with Crippen LogP contribution in [0.2, 0.25) is 0 Å². The fourth-order valence-electron chi connectivity index (χ4n) is 6.65. The number of hydrogen-bond donors (Lipinski definition) is 0. The standard InChI is InChI=1S/C31H29F2N5O2/c1-4-40-27(39)12-11-26-34-16-18(17-35-26)23-9-6-10-25(36-23)31-14-13-20(30(31,2)3)19-15-24(37-38-29(19)31)28-21(32)7-5-8-22(28)33/h5-10,15-17,20H,4,11-14H2,1-3H3/t20?,31-/m0/s1. The van der Waals surface area contributed by atoms with Crippen LogP contribution in [0.4, 0.5) is 8.78 Å². The van der Waals surface area contributed by atoms with Gasteiger partial charge >= 0.3 is 5.97 Å². The molecule has 6 rings (SSSR count). The number of benzene rings is 1. The van der Waals surface area contributed by atoms with Gasteiger partial charge in [-0.3, -0.25) is 9.78 Å². The maximum atomic E-state index is 14.6. The number of aryl methyl sites for hydroxylation is 1. The maximum absolute atomic E-state index is 14.6. The third-order valence-corrected chi connectivity index (χ3v) is 8.65. The quantitative estimate of drug-likeness (QED) is 0.266. The van der Waals surface area contributed by atoms with Crippen LogP contribution in [-0.4, -0.2) is 37.7 Å². The highest BCUT2D eigenvalue weighted by Crippen LogP contribution is 2.69. The fraction of sp³-hybridized carbons (Fsp3) is 0.355. The molecule has 40 heavy (non-hydrogen) atoms. The van der Waals surface area contributed by atoms with E-state index in [0.717, 1.165) is 41.1 Å². The third-order valence-electron chi connectivity index (χ3n) is 8.65. The number of aromatic nitrogens is 5. The van der Waals surface area contributed by atoms with Gasteiger partial charge in [0, 0.05) is 24.4 Å². The Morgan fingerprint density at radius 2 is 1.75 bits per heavy atom. The first-order valence-corrected chi connectivity index (χ1v) is 13.5. The predicted molar refractivity (Wildman–Crippen MR) is 144 cm³/mol. The summed E-state index contributed by atoms with van der Waals surface area (Å²) in [5.41, 5.74) is 3.48. The molecule has 7 nitrogen and oxygen atoms in total. The molecule has 4 aromatic rings. The van der Waals surface area contributed by atoms with Gasteiger partial charge in [-0.05, 0) is 67.0 Å². The summed E-state index contributed by atoms with van der Waals surface area (Å²) < 4.78 is 34.1. The molecule has 0 spiro atoms. The van der Waals surface area contributed by atoms with Gasteiger partial charge in [0.15, 0.2) is 0 Å². The summed E-state index contributed by atoms with van der Waals surface area (Å²) in [4.78, 5) is 25.6. The lowest BCUT2D eigenvalue weighted by Crippen LogP contribution is -2.37. The van der Waals surface area contributed by atoms with Crippen molar-refractivity contribution in [2.24, 2.45) is 5.41 Å². The lowest BCUT2D eigenvalue weighted by Gasteiger charge is -2.37. The summed E-state index contributed by atoms with van der Waals surface area (Å²) in [5, 5.41) is 8.94. The van der Waals surface area contributed by atoms with Gasteiger partial charge in [0.1, 0.15) is 17.5 Å². The summed E-state index contributed by atoms with van der Waals surface area (Å²) in [6.45, 7) is 6.55. The number of pyridine rings is 1. The molecular weight excluding hydrogens is 512 g/mol. The van der Waals surface area contributed by atoms with Crippen molar-refractivity contribution in [3.05, 3.63) is 89.3 Å². The molecule has 0 saturated heterocycles. The number of carbonyl (C=O) groups is 1. The highest BCUT2D eigenvalue weighted by atomic mass is 19.1. The molecule has 3 aromatic heterocycles. The van der Waals surface area contributed by atoms with Crippen LogP contribution in [0.1, 0.15) is 68.7 Å². The zero-order valence-electron chi connectivity index (χ0n) is 22.6. The van der Waals surface area contributed by atoms with Crippen LogP contribution in [0.25, 0.3) is 22.5 Å². The van der Waals surface area contributed by atoms with Crippen LogP contribution < -0.4 is 0 Å². The van der Waals surface area contributed by atoms with Gasteiger partial charge in [-0.1, -0.05) is 26.0 Å². The van der Waals surface area contributed by atoms with Crippen molar-refractivity contribution in [2.75, 3.05) is 6.61 Å². The molecule has 2 aliphatic rings. The first-order valence-electron chi connectivity index (χ1n) is 13.5. The Balaban J connectivity index is 1.35. The fourth-order valence-corrected chi connectivity index (χ4v) is 6.65. The zero-order chi connectivity index (χ0) is 28.1. The molecule has 3 heterocycles. The molecule has 1 aromatic carbocycles. The predicted octanol–water partition coefficient (Wildman–Crippen LogP) is 5.97. The van der Waals surface area contributed by atoms with Gasteiger partial charge < -0.3 is 4.74 Å². The van der Waals surface area contributed by atoms with Crippen molar-refractivity contribution < 1.29 is 18.3 Å². The molecule has 1 unspecified atom stereocenters. The van der Waals surface area contributed by atoms with E-state index in [-0.39, 0.29) is 35.0 Å². The molecule has 0 amide bonds. The van der Waals surface area contributed by atoms with Gasteiger partial charge in [-0.25, -0.2) is 18.7 Å². The number of esters is 1. The van der Waals surface area contributed by atoms with Crippen molar-refractivity contribution in [3.63, 3.8) is 0 Å². The molecule has 2 aliphatic carbocycles. The Bertz CT molecular complexity index is 1590. The van der Waals surface area contributed by atoms with E-state index in [1.165, 1.54) is 18.2 Å². The van der Waals surface area contributed by atoms with E-state index < -0.39 is 17.0 Å². The third kappa shape index (κ3) is 3.98. The molecule has 0 N–H and O–H groups in total. The Kier molecular flexibility index (Phi) is 6.40. The second kappa shape index (κ2) is 9.80. The molecule has 0 aliphatic heterocycles. The van der Waals surface area contributed by atoms with E-state index in [1.54, 1.807) is 19.3 Å². The normalized spacial score (nSPS) is 20.4. The molecule has 0 radical (unpaired) electrons. The van der Waals surface area contributed by atoms with Gasteiger partial charge in [0.25, 0.3) is 0 Å². The molecular formula is C31H29F2N5O2. The molecule has 204 valence electrons. The molecule has 1 saturated carbocycles. The van der Waals surface area contributed by atoms with Crippen molar-refractivity contribution in [2.45, 2.75) is 57.8 Å². The number of nitrogens with zero attached hydrogens (tertiary/aromatic N) is 5. The lowest BCUT2D eigenvalue weighted by atomic mass is 9.66. The van der Waals surface area contributed by atoms with Crippen molar-refractivity contribution >= 4 is 5.97 Å². The molecule has 9 heteroatoms. The van der Waals surface area contributed by atoms with Crippen LogP contribution in [0.3, 0.4) is 0 Å². The van der Waals surface area contributed by atoms with Crippen LogP contribution >= 0.6 is 0 Å². The summed E-state index contributed by atoms with van der Waals surface area (Å²) in [6, 6.07) is 11.5. The Labute approximate surface area is 231 Å². The van der Waals surface area contributed by atoms with Crippen LogP contribution in [-0.2, 0) is 21.4 Å². The molecule has 2 atom stereocenters. The summed E-state index contributed by atoms with van der Waals surface area (Å²) in [6.07, 6.45) is 5.83. The van der Waals surface area contributed by atoms with Crippen LogP contribution in [0, 0.1) is 17.0 Å². The number of hydrogen-bond acceptors (Lipinski definition) is 7. The van der Waals surface area contributed by atoms with Gasteiger partial charge in [0.2, 0.25) is 0 Å². The van der Waals surface area contributed by atoms with Gasteiger partial charge in [-0.15, -0.1) is 5.10 Å². The maximum Gasteiger partial charge on any atom is 0.306 e. The summed E-state index contributed by atoms with van der Waals surface area (Å²) in [7, 11) is 0. The number of carbonyl (C=O) groups excluding carboxylic acids is 1. The molecule has 1 fully saturated rings. The minimum atomic E-state index is -0.658. The van der Waals surface area contributed by atoms with E-state index in [0.29, 0.717) is 18.9 Å². The summed E-state index contributed by atoms with van der Waals surface area (Å²) >= 11 is 0. The Morgan fingerprint density at radius 1 is 1.02 bits per heavy atom. The van der Waals surface area contributed by atoms with Crippen LogP contribution in [0.15, 0.2) is 54.9 Å². The average Bonchev–Trinajstić information content (AvgIpc) is 3.33. The monoisotopic (exact) mass is 541 g/mol. The minimum absolute atomic E-state index is 0.152. The van der Waals surface area contributed by atoms with Gasteiger partial charge in [0.05, 0.1) is 46.8 Å². The van der Waals surface area contributed by atoms with E-state index in [4.69, 9.17) is 9.72 Å². The summed E-state index contributed by atoms with van der Waals surface area (Å²) in [5.74, 6) is -0.871. The number of halogens is 2. The lowest BCUT2D eigenvalue weighted by molar-refractivity contribution is -0.143. The zero-order valence-corrected chi connectivity index (χ0v) is 22.6. The minimum Gasteiger partial charge on any atom is -0.466 e. The van der Waals surface area contributed by atoms with E-state index in [2.05, 4.69) is 34.0 Å². The number of ether oxygens (including phenoxy) is 1. The Morgan fingerprint density at radius 3 is 2.48 bits per heavy atom. The smallest absolute Gasteiger partial charge is 0.306 e. The van der Waals surface area contributed by atoms with Crippen molar-refractivity contribution in [1.82, 2.24) is 25.1 Å². The highest BCUT2D eigenvalue weighted by molar-refractivity contribution is 5.69. The first kappa shape index (κ1) is 26.1. The number of fused-ring (bicyclic) bond motifs is 5. The van der Waals surface area contributed by atoms with E-state index in [9.17, 15) is 13.6 Å². The second-order valence-corrected chi connectivity index (χ2v) is 10.9. The van der Waals surface area contributed by atoms with Crippen LogP contribution in [0.5, 0.6) is 0 Å². The Hall–Kier alpha value is -4.14. The number of rotatable bonds is 7. The van der Waals surface area contributed by atoms with E-state index >= 15 is 0 Å². The van der Waals surface area contributed by atoms with Crippen molar-refractivity contribution in [1.29, 1.82) is 0 Å². The largest absolute Gasteiger partial charge is 0.466 e. The average molecular weight is 542 g/mol. The van der Waals surface area contributed by atoms with Gasteiger partial charge in [-0.2, -0.15) is 5.10 Å². The van der Waals surface area contributed by atoms with E-state index in [1.807, 2.05) is 24.3 Å². The second-order valence-electron chi connectivity index (χ2n) is 10.9. The van der Waals surface area contributed by atoms with Crippen molar-refractivity contribution in [3.8, 4) is 22.5 Å².